The lowest BCUT2D eigenvalue weighted by Crippen LogP contribution is -2.10. The first-order chi connectivity index (χ1) is 9.19. The van der Waals surface area contributed by atoms with Gasteiger partial charge in [0.2, 0.25) is 0 Å². The Balaban J connectivity index is 2.18. The second-order valence-electron chi connectivity index (χ2n) is 4.14. The molecule has 0 radical (unpaired) electrons. The summed E-state index contributed by atoms with van der Waals surface area (Å²) < 4.78 is 7.79. The van der Waals surface area contributed by atoms with E-state index < -0.39 is 0 Å². The maximum absolute atomic E-state index is 12.0. The number of rotatable bonds is 2. The number of aromatic amines is 1. The molecule has 96 valence electrons. The van der Waals surface area contributed by atoms with Crippen LogP contribution < -0.4 is 10.3 Å². The summed E-state index contributed by atoms with van der Waals surface area (Å²) in [6, 6.07) is 11.2. The third kappa shape index (κ3) is 2.06. The molecule has 0 atom stereocenters. The minimum atomic E-state index is -0.112. The van der Waals surface area contributed by atoms with Gasteiger partial charge in [0.25, 0.3) is 5.56 Å². The first-order valence-corrected chi connectivity index (χ1v) is 6.52. The number of hydrogen-bond acceptors (Lipinski definition) is 2. The molecule has 19 heavy (non-hydrogen) atoms. The second kappa shape index (κ2) is 4.59. The van der Waals surface area contributed by atoms with Gasteiger partial charge in [-0.1, -0.05) is 0 Å². The SMILES string of the molecule is COc1ccc(-c2cn3c(Br)ccc3c(=O)[nH]2)cc1. The van der Waals surface area contributed by atoms with Crippen molar-refractivity contribution >= 4 is 21.4 Å². The monoisotopic (exact) mass is 318 g/mol. The highest BCUT2D eigenvalue weighted by molar-refractivity contribution is 9.10. The molecule has 0 aliphatic carbocycles. The van der Waals surface area contributed by atoms with Gasteiger partial charge < -0.3 is 14.1 Å². The Hall–Kier alpha value is -2.01. The maximum Gasteiger partial charge on any atom is 0.272 e. The van der Waals surface area contributed by atoms with Gasteiger partial charge in [0.15, 0.2) is 0 Å². The molecule has 1 aromatic carbocycles. The Kier molecular flexibility index (Phi) is 2.91. The Bertz CT molecular complexity index is 787. The Morgan fingerprint density at radius 1 is 1.16 bits per heavy atom. The first-order valence-electron chi connectivity index (χ1n) is 5.73. The Labute approximate surface area is 117 Å². The topological polar surface area (TPSA) is 46.5 Å². The van der Waals surface area contributed by atoms with E-state index >= 15 is 0 Å². The smallest absolute Gasteiger partial charge is 0.272 e. The third-order valence-electron chi connectivity index (χ3n) is 3.01. The van der Waals surface area contributed by atoms with Crippen LogP contribution in [0.5, 0.6) is 5.75 Å². The van der Waals surface area contributed by atoms with E-state index in [1.54, 1.807) is 13.2 Å². The molecule has 0 fully saturated rings. The molecule has 4 nitrogen and oxygen atoms in total. The molecule has 2 heterocycles. The fraction of sp³-hybridized carbons (Fsp3) is 0.0714. The van der Waals surface area contributed by atoms with E-state index in [1.165, 1.54) is 0 Å². The molecule has 0 amide bonds. The summed E-state index contributed by atoms with van der Waals surface area (Å²) >= 11 is 3.42. The number of H-pyrrole nitrogens is 1. The zero-order valence-corrected chi connectivity index (χ0v) is 11.8. The number of aromatic nitrogens is 2. The number of benzene rings is 1. The highest BCUT2D eigenvalue weighted by atomic mass is 79.9. The van der Waals surface area contributed by atoms with E-state index in [4.69, 9.17) is 4.74 Å². The van der Waals surface area contributed by atoms with Crippen molar-refractivity contribution in [3.63, 3.8) is 0 Å². The fourth-order valence-electron chi connectivity index (χ4n) is 2.00. The number of nitrogens with one attached hydrogen (secondary N) is 1. The second-order valence-corrected chi connectivity index (χ2v) is 4.95. The molecular weight excluding hydrogens is 308 g/mol. The standard InChI is InChI=1S/C14H11BrN2O2/c1-19-10-4-2-9(3-5-10)11-8-17-12(14(18)16-11)6-7-13(17)15/h2-8H,1H3,(H,16,18). The van der Waals surface area contributed by atoms with Gasteiger partial charge in [-0.25, -0.2) is 0 Å². The maximum atomic E-state index is 12.0. The van der Waals surface area contributed by atoms with Gasteiger partial charge in [0.05, 0.1) is 17.4 Å². The molecule has 2 aromatic heterocycles. The number of fused-ring (bicyclic) bond motifs is 1. The minimum absolute atomic E-state index is 0.112. The Morgan fingerprint density at radius 3 is 2.58 bits per heavy atom. The number of methoxy groups -OCH3 is 1. The quantitative estimate of drug-likeness (QED) is 0.789. The summed E-state index contributed by atoms with van der Waals surface area (Å²) in [5.41, 5.74) is 2.20. The molecule has 5 heteroatoms. The van der Waals surface area contributed by atoms with Crippen molar-refractivity contribution in [3.05, 3.63) is 57.6 Å². The summed E-state index contributed by atoms with van der Waals surface area (Å²) in [6.45, 7) is 0. The lowest BCUT2D eigenvalue weighted by molar-refractivity contribution is 0.415. The Morgan fingerprint density at radius 2 is 1.89 bits per heavy atom. The van der Waals surface area contributed by atoms with Crippen molar-refractivity contribution < 1.29 is 4.74 Å². The highest BCUT2D eigenvalue weighted by Gasteiger charge is 2.06. The molecule has 3 aromatic rings. The molecule has 0 saturated carbocycles. The van der Waals surface area contributed by atoms with Crippen LogP contribution in [0.25, 0.3) is 16.8 Å². The van der Waals surface area contributed by atoms with Gasteiger partial charge in [0.1, 0.15) is 11.3 Å². The lowest BCUT2D eigenvalue weighted by Gasteiger charge is -2.05. The van der Waals surface area contributed by atoms with E-state index in [1.807, 2.05) is 40.9 Å². The largest absolute Gasteiger partial charge is 0.497 e. The molecule has 0 aliphatic rings. The summed E-state index contributed by atoms with van der Waals surface area (Å²) in [7, 11) is 1.62. The van der Waals surface area contributed by atoms with Gasteiger partial charge in [-0.05, 0) is 57.9 Å². The predicted molar refractivity (Wildman–Crippen MR) is 77.7 cm³/mol. The molecular formula is C14H11BrN2O2. The summed E-state index contributed by atoms with van der Waals surface area (Å²) in [4.78, 5) is 14.9. The number of hydrogen-bond donors (Lipinski definition) is 1. The molecule has 0 bridgehead atoms. The van der Waals surface area contributed by atoms with Crippen LogP contribution in [0.2, 0.25) is 0 Å². The summed E-state index contributed by atoms with van der Waals surface area (Å²) in [6.07, 6.45) is 1.89. The van der Waals surface area contributed by atoms with E-state index in [0.29, 0.717) is 5.52 Å². The van der Waals surface area contributed by atoms with Crippen LogP contribution in [0.15, 0.2) is 52.0 Å². The van der Waals surface area contributed by atoms with Crippen LogP contribution >= 0.6 is 15.9 Å². The van der Waals surface area contributed by atoms with Crippen LogP contribution in [-0.2, 0) is 0 Å². The van der Waals surface area contributed by atoms with Crippen molar-refractivity contribution in [1.82, 2.24) is 9.38 Å². The van der Waals surface area contributed by atoms with Gasteiger partial charge in [-0.3, -0.25) is 4.79 Å². The molecule has 0 saturated heterocycles. The average Bonchev–Trinajstić information content (AvgIpc) is 2.81. The zero-order chi connectivity index (χ0) is 13.4. The van der Waals surface area contributed by atoms with Gasteiger partial charge in [-0.15, -0.1) is 0 Å². The van der Waals surface area contributed by atoms with Crippen molar-refractivity contribution in [2.45, 2.75) is 0 Å². The molecule has 0 spiro atoms. The average molecular weight is 319 g/mol. The van der Waals surface area contributed by atoms with E-state index in [-0.39, 0.29) is 5.56 Å². The van der Waals surface area contributed by atoms with Gasteiger partial charge in [0, 0.05) is 6.20 Å². The zero-order valence-electron chi connectivity index (χ0n) is 10.2. The van der Waals surface area contributed by atoms with E-state index in [2.05, 4.69) is 20.9 Å². The number of nitrogens with zero attached hydrogens (tertiary/aromatic N) is 1. The van der Waals surface area contributed by atoms with E-state index in [9.17, 15) is 4.79 Å². The van der Waals surface area contributed by atoms with Crippen LogP contribution in [0.3, 0.4) is 0 Å². The van der Waals surface area contributed by atoms with Crippen LogP contribution in [0.4, 0.5) is 0 Å². The van der Waals surface area contributed by atoms with Crippen LogP contribution in [-0.4, -0.2) is 16.5 Å². The molecule has 0 aliphatic heterocycles. The summed E-state index contributed by atoms with van der Waals surface area (Å²) in [5.74, 6) is 0.786. The first kappa shape index (κ1) is 12.0. The molecule has 1 N–H and O–H groups in total. The number of ether oxygens (including phenoxy) is 1. The number of halogens is 1. The molecule has 3 rings (SSSR count). The van der Waals surface area contributed by atoms with E-state index in [0.717, 1.165) is 21.6 Å². The van der Waals surface area contributed by atoms with Crippen LogP contribution in [0, 0.1) is 0 Å². The summed E-state index contributed by atoms with van der Waals surface area (Å²) in [5, 5.41) is 0. The van der Waals surface area contributed by atoms with Gasteiger partial charge in [-0.2, -0.15) is 0 Å². The third-order valence-corrected chi connectivity index (χ3v) is 3.65. The fourth-order valence-corrected chi connectivity index (χ4v) is 2.43. The van der Waals surface area contributed by atoms with Crippen LogP contribution in [0.1, 0.15) is 0 Å². The van der Waals surface area contributed by atoms with Crippen molar-refractivity contribution in [3.8, 4) is 17.0 Å². The highest BCUT2D eigenvalue weighted by Crippen LogP contribution is 2.21. The molecule has 0 unspecified atom stereocenters. The van der Waals surface area contributed by atoms with Crippen molar-refractivity contribution in [2.24, 2.45) is 0 Å². The van der Waals surface area contributed by atoms with Crippen molar-refractivity contribution in [2.75, 3.05) is 7.11 Å². The minimum Gasteiger partial charge on any atom is -0.497 e. The predicted octanol–water partition coefficient (Wildman–Crippen LogP) is 3.07. The normalized spacial score (nSPS) is 10.8. The van der Waals surface area contributed by atoms with Crippen molar-refractivity contribution in [1.29, 1.82) is 0 Å². The lowest BCUT2D eigenvalue weighted by atomic mass is 10.1. The van der Waals surface area contributed by atoms with Gasteiger partial charge >= 0.3 is 0 Å².